The van der Waals surface area contributed by atoms with Crippen LogP contribution >= 0.6 is 12.4 Å². The average Bonchev–Trinajstić information content (AvgIpc) is 2.84. The number of carbonyl (C=O) groups excluding carboxylic acids is 1. The SMILES string of the molecule is CCCN(CC1CCN(S(C)(=O)=O)CC1)C(C)Cc1cccc(NC(=O)c2ccc(C#N)cc2)c1.Cl. The van der Waals surface area contributed by atoms with Crippen LogP contribution in [0.1, 0.15) is 54.6 Å². The standard InChI is InChI=1S/C27H36N4O3S.ClH/c1-4-14-30(20-23-12-15-31(16-13-23)35(3,33)34)21(2)17-24-6-5-7-26(18-24)29-27(32)25-10-8-22(19-28)9-11-25;/h5-11,18,21,23H,4,12-17,20H2,1-3H3,(H,29,32);1H. The molecule has 1 N–H and O–H groups in total. The van der Waals surface area contributed by atoms with Gasteiger partial charge in [0.1, 0.15) is 0 Å². The first-order valence-corrected chi connectivity index (χ1v) is 14.1. The average molecular weight is 533 g/mol. The molecule has 36 heavy (non-hydrogen) atoms. The van der Waals surface area contributed by atoms with Crippen LogP contribution in [0.2, 0.25) is 0 Å². The van der Waals surface area contributed by atoms with Gasteiger partial charge in [-0.1, -0.05) is 19.1 Å². The quantitative estimate of drug-likeness (QED) is 0.484. The number of amides is 1. The number of rotatable bonds is 10. The van der Waals surface area contributed by atoms with Crippen LogP contribution in [0.4, 0.5) is 5.69 Å². The third kappa shape index (κ3) is 8.59. The Labute approximate surface area is 221 Å². The number of piperidine rings is 1. The predicted octanol–water partition coefficient (Wildman–Crippen LogP) is 4.55. The van der Waals surface area contributed by atoms with Gasteiger partial charge in [-0.2, -0.15) is 5.26 Å². The number of nitrogens with one attached hydrogen (secondary N) is 1. The first-order valence-electron chi connectivity index (χ1n) is 12.3. The van der Waals surface area contributed by atoms with Crippen LogP contribution < -0.4 is 5.32 Å². The van der Waals surface area contributed by atoms with Crippen molar-refractivity contribution in [2.45, 2.75) is 45.6 Å². The van der Waals surface area contributed by atoms with Crippen molar-refractivity contribution in [1.29, 1.82) is 5.26 Å². The van der Waals surface area contributed by atoms with Crippen LogP contribution in [-0.4, -0.2) is 62.0 Å². The molecule has 0 spiro atoms. The second kappa shape index (κ2) is 13.8. The molecule has 0 aromatic heterocycles. The Morgan fingerprint density at radius 2 is 1.86 bits per heavy atom. The Kier molecular flexibility index (Phi) is 11.4. The van der Waals surface area contributed by atoms with Crippen molar-refractivity contribution < 1.29 is 13.2 Å². The molecule has 1 unspecified atom stereocenters. The van der Waals surface area contributed by atoms with Crippen molar-refractivity contribution in [3.8, 4) is 6.07 Å². The van der Waals surface area contributed by atoms with Crippen molar-refractivity contribution in [3.05, 3.63) is 65.2 Å². The number of sulfonamides is 1. The van der Waals surface area contributed by atoms with Crippen LogP contribution in [0, 0.1) is 17.2 Å². The number of nitriles is 1. The van der Waals surface area contributed by atoms with E-state index in [4.69, 9.17) is 5.26 Å². The summed E-state index contributed by atoms with van der Waals surface area (Å²) in [6.07, 6.45) is 5.02. The van der Waals surface area contributed by atoms with Crippen molar-refractivity contribution in [1.82, 2.24) is 9.21 Å². The molecule has 0 bridgehead atoms. The fourth-order valence-electron chi connectivity index (χ4n) is 4.68. The maximum Gasteiger partial charge on any atom is 0.255 e. The molecule has 1 atom stereocenters. The molecule has 1 fully saturated rings. The minimum Gasteiger partial charge on any atom is -0.322 e. The first-order chi connectivity index (χ1) is 16.7. The van der Waals surface area contributed by atoms with Gasteiger partial charge in [0.15, 0.2) is 0 Å². The topological polar surface area (TPSA) is 93.5 Å². The smallest absolute Gasteiger partial charge is 0.255 e. The summed E-state index contributed by atoms with van der Waals surface area (Å²) in [5.41, 5.74) is 2.94. The van der Waals surface area contributed by atoms with Crippen LogP contribution in [-0.2, 0) is 16.4 Å². The highest BCUT2D eigenvalue weighted by Gasteiger charge is 2.27. The van der Waals surface area contributed by atoms with E-state index in [0.29, 0.717) is 36.2 Å². The molecule has 0 radical (unpaired) electrons. The van der Waals surface area contributed by atoms with Gasteiger partial charge in [0, 0.05) is 36.9 Å². The summed E-state index contributed by atoms with van der Waals surface area (Å²) < 4.78 is 25.2. The Morgan fingerprint density at radius 1 is 1.19 bits per heavy atom. The lowest BCUT2D eigenvalue weighted by Gasteiger charge is -2.36. The van der Waals surface area contributed by atoms with Gasteiger partial charge >= 0.3 is 0 Å². The molecule has 9 heteroatoms. The molecule has 1 amide bonds. The van der Waals surface area contributed by atoms with Gasteiger partial charge in [-0.15, -0.1) is 12.4 Å². The molecule has 1 aliphatic heterocycles. The second-order valence-corrected chi connectivity index (χ2v) is 11.5. The Hall–Kier alpha value is -2.44. The molecular weight excluding hydrogens is 496 g/mol. The third-order valence-electron chi connectivity index (χ3n) is 6.66. The Morgan fingerprint density at radius 3 is 2.44 bits per heavy atom. The molecule has 2 aromatic carbocycles. The van der Waals surface area contributed by atoms with Gasteiger partial charge in [-0.25, -0.2) is 12.7 Å². The van der Waals surface area contributed by atoms with Crippen molar-refractivity contribution in [2.75, 3.05) is 37.8 Å². The van der Waals surface area contributed by atoms with Gasteiger partial charge in [-0.3, -0.25) is 4.79 Å². The molecule has 196 valence electrons. The monoisotopic (exact) mass is 532 g/mol. The molecule has 1 heterocycles. The van der Waals surface area contributed by atoms with E-state index < -0.39 is 10.0 Å². The normalized spacial score (nSPS) is 15.6. The lowest BCUT2D eigenvalue weighted by Crippen LogP contribution is -2.44. The lowest BCUT2D eigenvalue weighted by molar-refractivity contribution is 0.102. The fourth-order valence-corrected chi connectivity index (χ4v) is 5.55. The van der Waals surface area contributed by atoms with E-state index >= 15 is 0 Å². The number of halogens is 1. The van der Waals surface area contributed by atoms with Crippen molar-refractivity contribution >= 4 is 34.0 Å². The van der Waals surface area contributed by atoms with E-state index in [1.54, 1.807) is 28.6 Å². The van der Waals surface area contributed by atoms with E-state index in [0.717, 1.165) is 50.0 Å². The summed E-state index contributed by atoms with van der Waals surface area (Å²) in [5, 5.41) is 11.9. The molecular formula is C27H37ClN4O3S. The van der Waals surface area contributed by atoms with Gasteiger partial charge in [-0.05, 0) is 87.0 Å². The molecule has 2 aromatic rings. The number of benzene rings is 2. The van der Waals surface area contributed by atoms with Crippen molar-refractivity contribution in [2.24, 2.45) is 5.92 Å². The highest BCUT2D eigenvalue weighted by atomic mass is 35.5. The minimum atomic E-state index is -3.10. The molecule has 1 aliphatic rings. The zero-order valence-electron chi connectivity index (χ0n) is 21.3. The summed E-state index contributed by atoms with van der Waals surface area (Å²) in [4.78, 5) is 15.1. The lowest BCUT2D eigenvalue weighted by atomic mass is 9.96. The fraction of sp³-hybridized carbons (Fsp3) is 0.481. The maximum absolute atomic E-state index is 12.6. The van der Waals surface area contributed by atoms with E-state index in [-0.39, 0.29) is 18.3 Å². The number of hydrogen-bond donors (Lipinski definition) is 1. The highest BCUT2D eigenvalue weighted by molar-refractivity contribution is 7.88. The molecule has 0 aliphatic carbocycles. The Balaban J connectivity index is 0.00000456. The van der Waals surface area contributed by atoms with E-state index in [9.17, 15) is 13.2 Å². The van der Waals surface area contributed by atoms with Gasteiger partial charge < -0.3 is 10.2 Å². The van der Waals surface area contributed by atoms with Crippen LogP contribution in [0.25, 0.3) is 0 Å². The minimum absolute atomic E-state index is 0. The van der Waals surface area contributed by atoms with E-state index in [1.165, 1.54) is 6.26 Å². The van der Waals surface area contributed by atoms with Gasteiger partial charge in [0.05, 0.1) is 17.9 Å². The van der Waals surface area contributed by atoms with E-state index in [1.807, 2.05) is 18.2 Å². The maximum atomic E-state index is 12.6. The summed E-state index contributed by atoms with van der Waals surface area (Å²) in [5.74, 6) is 0.299. The van der Waals surface area contributed by atoms with Gasteiger partial charge in [0.2, 0.25) is 10.0 Å². The van der Waals surface area contributed by atoms with Crippen LogP contribution in [0.3, 0.4) is 0 Å². The highest BCUT2D eigenvalue weighted by Crippen LogP contribution is 2.23. The largest absolute Gasteiger partial charge is 0.322 e. The number of hydrogen-bond acceptors (Lipinski definition) is 5. The molecule has 3 rings (SSSR count). The molecule has 0 saturated carbocycles. The molecule has 7 nitrogen and oxygen atoms in total. The number of nitrogens with zero attached hydrogens (tertiary/aromatic N) is 3. The van der Waals surface area contributed by atoms with Gasteiger partial charge in [0.25, 0.3) is 5.91 Å². The predicted molar refractivity (Wildman–Crippen MR) is 147 cm³/mol. The third-order valence-corrected chi connectivity index (χ3v) is 7.96. The van der Waals surface area contributed by atoms with Crippen LogP contribution in [0.15, 0.2) is 48.5 Å². The Bertz CT molecular complexity index is 1140. The summed E-state index contributed by atoms with van der Waals surface area (Å²) in [6.45, 7) is 7.62. The van der Waals surface area contributed by atoms with Crippen LogP contribution in [0.5, 0.6) is 0 Å². The zero-order chi connectivity index (χ0) is 25.4. The zero-order valence-corrected chi connectivity index (χ0v) is 22.9. The van der Waals surface area contributed by atoms with Crippen molar-refractivity contribution in [3.63, 3.8) is 0 Å². The molecule has 1 saturated heterocycles. The number of carbonyl (C=O) groups is 1. The second-order valence-electron chi connectivity index (χ2n) is 9.50. The first kappa shape index (κ1) is 29.8. The van der Waals surface area contributed by atoms with E-state index in [2.05, 4.69) is 36.2 Å². The number of anilines is 1. The summed E-state index contributed by atoms with van der Waals surface area (Å²) in [7, 11) is -3.10. The summed E-state index contributed by atoms with van der Waals surface area (Å²) in [6, 6.07) is 16.9. The summed E-state index contributed by atoms with van der Waals surface area (Å²) >= 11 is 0.